The molecule has 2 saturated heterocycles. The van der Waals surface area contributed by atoms with Gasteiger partial charge < -0.3 is 9.64 Å². The lowest BCUT2D eigenvalue weighted by molar-refractivity contribution is -0.384. The van der Waals surface area contributed by atoms with Crippen LogP contribution in [-0.4, -0.2) is 48.5 Å². The molecule has 0 bridgehead atoms. The summed E-state index contributed by atoms with van der Waals surface area (Å²) >= 11 is 0. The number of amides is 1. The van der Waals surface area contributed by atoms with Gasteiger partial charge in [0.15, 0.2) is 0 Å². The predicted octanol–water partition coefficient (Wildman–Crippen LogP) is 1.80. The van der Waals surface area contributed by atoms with Crippen LogP contribution in [0.15, 0.2) is 18.2 Å². The number of nitro groups is 1. The summed E-state index contributed by atoms with van der Waals surface area (Å²) in [7, 11) is 1.51. The second-order valence-corrected chi connectivity index (χ2v) is 5.74. The normalized spacial score (nSPS) is 22.3. The predicted molar refractivity (Wildman–Crippen MR) is 81.2 cm³/mol. The van der Waals surface area contributed by atoms with E-state index in [9.17, 15) is 14.9 Å². The molecule has 3 rings (SSSR count). The number of non-ortho nitro benzene ring substituents is 1. The van der Waals surface area contributed by atoms with E-state index < -0.39 is 4.92 Å². The summed E-state index contributed by atoms with van der Waals surface area (Å²) in [6.45, 7) is 1.89. The molecule has 0 N–H and O–H groups in total. The minimum Gasteiger partial charge on any atom is -0.495 e. The van der Waals surface area contributed by atoms with E-state index in [2.05, 4.69) is 4.90 Å². The molecule has 1 amide bonds. The maximum Gasteiger partial charge on any atom is 0.271 e. The van der Waals surface area contributed by atoms with Gasteiger partial charge in [-0.25, -0.2) is 0 Å². The summed E-state index contributed by atoms with van der Waals surface area (Å²) in [6, 6.07) is 4.70. The highest BCUT2D eigenvalue weighted by Crippen LogP contribution is 2.35. The van der Waals surface area contributed by atoms with Gasteiger partial charge in [-0.05, 0) is 25.5 Å². The highest BCUT2D eigenvalue weighted by Gasteiger charge is 2.35. The number of rotatable bonds is 3. The molecule has 0 aliphatic carbocycles. The number of nitrogens with zero attached hydrogens (tertiary/aromatic N) is 3. The number of piperidine rings is 1. The van der Waals surface area contributed by atoms with Crippen LogP contribution in [0.25, 0.3) is 0 Å². The second kappa shape index (κ2) is 5.92. The molecule has 0 spiro atoms. The van der Waals surface area contributed by atoms with E-state index in [-0.39, 0.29) is 11.6 Å². The van der Waals surface area contributed by atoms with Crippen LogP contribution in [0.2, 0.25) is 0 Å². The number of methoxy groups -OCH3 is 1. The van der Waals surface area contributed by atoms with Crippen LogP contribution in [0, 0.1) is 10.1 Å². The molecule has 1 unspecified atom stereocenters. The molecule has 2 heterocycles. The van der Waals surface area contributed by atoms with Crippen molar-refractivity contribution in [2.24, 2.45) is 0 Å². The molecule has 22 heavy (non-hydrogen) atoms. The van der Waals surface area contributed by atoms with Crippen LogP contribution in [0.5, 0.6) is 5.75 Å². The molecule has 2 aliphatic rings. The summed E-state index contributed by atoms with van der Waals surface area (Å²) in [4.78, 5) is 26.9. The lowest BCUT2D eigenvalue weighted by atomic mass is 9.99. The molecule has 0 aromatic heterocycles. The van der Waals surface area contributed by atoms with Crippen LogP contribution >= 0.6 is 0 Å². The third-order valence-corrected chi connectivity index (χ3v) is 4.45. The standard InChI is InChI=1S/C15H19N3O4/c1-22-14-6-5-11(18(20)21)8-13(14)17-9-12-4-2-3-7-16(12)10-15(17)19/h5-6,8,12H,2-4,7,9-10H2,1H3. The largest absolute Gasteiger partial charge is 0.495 e. The zero-order chi connectivity index (χ0) is 15.7. The number of piperazine rings is 1. The fourth-order valence-electron chi connectivity index (χ4n) is 3.28. The second-order valence-electron chi connectivity index (χ2n) is 5.74. The van der Waals surface area contributed by atoms with Crippen molar-refractivity contribution in [2.75, 3.05) is 31.6 Å². The number of carbonyl (C=O) groups is 1. The van der Waals surface area contributed by atoms with Gasteiger partial charge in [-0.15, -0.1) is 0 Å². The van der Waals surface area contributed by atoms with Crippen molar-refractivity contribution in [2.45, 2.75) is 25.3 Å². The van der Waals surface area contributed by atoms with Crippen LogP contribution < -0.4 is 9.64 Å². The van der Waals surface area contributed by atoms with Gasteiger partial charge in [0.25, 0.3) is 5.69 Å². The highest BCUT2D eigenvalue weighted by molar-refractivity contribution is 5.97. The molecule has 118 valence electrons. The van der Waals surface area contributed by atoms with Gasteiger partial charge in [0, 0.05) is 24.7 Å². The Balaban J connectivity index is 1.93. The number of nitro benzene ring substituents is 1. The monoisotopic (exact) mass is 305 g/mol. The molecule has 1 aromatic carbocycles. The average molecular weight is 305 g/mol. The number of hydrogen-bond acceptors (Lipinski definition) is 5. The third-order valence-electron chi connectivity index (χ3n) is 4.45. The molecule has 2 aliphatic heterocycles. The van der Waals surface area contributed by atoms with Crippen molar-refractivity contribution >= 4 is 17.3 Å². The molecule has 2 fully saturated rings. The van der Waals surface area contributed by atoms with Crippen LogP contribution in [0.1, 0.15) is 19.3 Å². The summed E-state index contributed by atoms with van der Waals surface area (Å²) < 4.78 is 5.29. The maximum absolute atomic E-state index is 12.5. The van der Waals surface area contributed by atoms with Crippen molar-refractivity contribution in [1.82, 2.24) is 4.90 Å². The van der Waals surface area contributed by atoms with Gasteiger partial charge in [-0.1, -0.05) is 6.42 Å². The minimum atomic E-state index is -0.454. The first-order valence-corrected chi connectivity index (χ1v) is 7.47. The molecule has 1 atom stereocenters. The first-order chi connectivity index (χ1) is 10.6. The zero-order valence-corrected chi connectivity index (χ0v) is 12.5. The summed E-state index contributed by atoms with van der Waals surface area (Å²) in [6.07, 6.45) is 3.35. The zero-order valence-electron chi connectivity index (χ0n) is 12.5. The quantitative estimate of drug-likeness (QED) is 0.629. The van der Waals surface area contributed by atoms with Gasteiger partial charge >= 0.3 is 0 Å². The van der Waals surface area contributed by atoms with Gasteiger partial charge in [-0.2, -0.15) is 0 Å². The lowest BCUT2D eigenvalue weighted by Crippen LogP contribution is -2.57. The smallest absolute Gasteiger partial charge is 0.271 e. The Bertz CT molecular complexity index is 604. The van der Waals surface area contributed by atoms with E-state index in [1.54, 1.807) is 11.0 Å². The fourth-order valence-corrected chi connectivity index (χ4v) is 3.28. The number of ether oxygens (including phenoxy) is 1. The van der Waals surface area contributed by atoms with E-state index in [1.807, 2.05) is 0 Å². The number of carbonyl (C=O) groups excluding carboxylic acids is 1. The minimum absolute atomic E-state index is 0.0306. The average Bonchev–Trinajstić information content (AvgIpc) is 2.53. The molecule has 1 aromatic rings. The summed E-state index contributed by atoms with van der Waals surface area (Å²) in [5.41, 5.74) is 0.460. The Kier molecular flexibility index (Phi) is 3.98. The Morgan fingerprint density at radius 3 is 2.91 bits per heavy atom. The number of anilines is 1. The van der Waals surface area contributed by atoms with Gasteiger partial charge in [0.2, 0.25) is 5.91 Å². The molecule has 7 heteroatoms. The first kappa shape index (κ1) is 14.8. The van der Waals surface area contributed by atoms with Gasteiger partial charge in [-0.3, -0.25) is 19.8 Å². The third kappa shape index (κ3) is 2.64. The fraction of sp³-hybridized carbons (Fsp3) is 0.533. The van der Waals surface area contributed by atoms with E-state index >= 15 is 0 Å². The van der Waals surface area contributed by atoms with Crippen molar-refractivity contribution in [1.29, 1.82) is 0 Å². The Morgan fingerprint density at radius 1 is 1.36 bits per heavy atom. The van der Waals surface area contributed by atoms with Crippen LogP contribution in [0.4, 0.5) is 11.4 Å². The van der Waals surface area contributed by atoms with Gasteiger partial charge in [0.1, 0.15) is 5.75 Å². The van der Waals surface area contributed by atoms with E-state index in [4.69, 9.17) is 4.74 Å². The van der Waals surface area contributed by atoms with Gasteiger partial charge in [0.05, 0.1) is 24.3 Å². The Morgan fingerprint density at radius 2 is 2.18 bits per heavy atom. The molecule has 0 saturated carbocycles. The molecular formula is C15H19N3O4. The number of benzene rings is 1. The number of fused-ring (bicyclic) bond motifs is 1. The lowest BCUT2D eigenvalue weighted by Gasteiger charge is -2.43. The van der Waals surface area contributed by atoms with Crippen molar-refractivity contribution in [3.8, 4) is 5.75 Å². The van der Waals surface area contributed by atoms with E-state index in [0.29, 0.717) is 30.6 Å². The van der Waals surface area contributed by atoms with Crippen LogP contribution in [0.3, 0.4) is 0 Å². The summed E-state index contributed by atoms with van der Waals surface area (Å²) in [5, 5.41) is 11.0. The van der Waals surface area contributed by atoms with Crippen molar-refractivity contribution < 1.29 is 14.5 Å². The van der Waals surface area contributed by atoms with E-state index in [1.165, 1.54) is 19.2 Å². The van der Waals surface area contributed by atoms with Crippen molar-refractivity contribution in [3.05, 3.63) is 28.3 Å². The molecule has 0 radical (unpaired) electrons. The summed E-state index contributed by atoms with van der Waals surface area (Å²) in [5.74, 6) is 0.458. The molecular weight excluding hydrogens is 286 g/mol. The van der Waals surface area contributed by atoms with E-state index in [0.717, 1.165) is 25.8 Å². The Hall–Kier alpha value is -2.15. The Labute approximate surface area is 128 Å². The highest BCUT2D eigenvalue weighted by atomic mass is 16.6. The number of hydrogen-bond donors (Lipinski definition) is 0. The SMILES string of the molecule is COc1ccc([N+](=O)[O-])cc1N1CC2CCCCN2CC1=O. The topological polar surface area (TPSA) is 75.9 Å². The molecule has 7 nitrogen and oxygen atoms in total. The van der Waals surface area contributed by atoms with Crippen LogP contribution in [-0.2, 0) is 4.79 Å². The first-order valence-electron chi connectivity index (χ1n) is 7.47. The maximum atomic E-state index is 12.5. The van der Waals surface area contributed by atoms with Crippen molar-refractivity contribution in [3.63, 3.8) is 0 Å².